The number of aromatic nitrogens is 2. The van der Waals surface area contributed by atoms with E-state index in [2.05, 4.69) is 31.4 Å². The summed E-state index contributed by atoms with van der Waals surface area (Å²) in [6.07, 6.45) is 10.6. The number of nitrogens with zero attached hydrogens (tertiary/aromatic N) is 3. The van der Waals surface area contributed by atoms with Crippen LogP contribution in [0.5, 0.6) is 5.75 Å². The smallest absolute Gasteiger partial charge is 0.248 e. The molecule has 2 atom stereocenters. The molecule has 3 heterocycles. The first kappa shape index (κ1) is 24.7. The van der Waals surface area contributed by atoms with E-state index < -0.39 is 0 Å². The second-order valence-corrected chi connectivity index (χ2v) is 8.80. The fraction of sp³-hybridized carbons (Fsp3) is 0.321. The van der Waals surface area contributed by atoms with E-state index in [9.17, 15) is 4.79 Å². The molecule has 0 radical (unpaired) electrons. The van der Waals surface area contributed by atoms with Crippen LogP contribution in [0.4, 0.5) is 17.2 Å². The predicted molar refractivity (Wildman–Crippen MR) is 142 cm³/mol. The van der Waals surface area contributed by atoms with Crippen LogP contribution in [0.25, 0.3) is 10.9 Å². The Bertz CT molecular complexity index is 1340. The lowest BCUT2D eigenvalue weighted by molar-refractivity contribution is -0.116. The molecule has 37 heavy (non-hydrogen) atoms. The van der Waals surface area contributed by atoms with Gasteiger partial charge < -0.3 is 24.8 Å². The van der Waals surface area contributed by atoms with Gasteiger partial charge in [0.25, 0.3) is 0 Å². The van der Waals surface area contributed by atoms with Gasteiger partial charge in [0.15, 0.2) is 0 Å². The van der Waals surface area contributed by atoms with Gasteiger partial charge in [-0.2, -0.15) is 0 Å². The third-order valence-corrected chi connectivity index (χ3v) is 6.26. The van der Waals surface area contributed by atoms with Crippen LogP contribution < -0.4 is 15.4 Å². The van der Waals surface area contributed by atoms with Gasteiger partial charge in [-0.25, -0.2) is 9.97 Å². The molecule has 1 amide bonds. The van der Waals surface area contributed by atoms with Gasteiger partial charge in [-0.15, -0.1) is 6.42 Å². The maximum Gasteiger partial charge on any atom is 0.248 e. The molecule has 0 unspecified atom stereocenters. The highest BCUT2D eigenvalue weighted by Crippen LogP contribution is 2.33. The second-order valence-electron chi connectivity index (χ2n) is 8.80. The number of ether oxygens (including phenoxy) is 3. The Labute approximate surface area is 215 Å². The van der Waals surface area contributed by atoms with E-state index in [0.29, 0.717) is 49.1 Å². The highest BCUT2D eigenvalue weighted by Gasteiger charge is 2.35. The highest BCUT2D eigenvalue weighted by atomic mass is 16.6. The van der Waals surface area contributed by atoms with Crippen LogP contribution in [0, 0.1) is 12.3 Å². The number of carbonyl (C=O) groups is 1. The number of amides is 1. The van der Waals surface area contributed by atoms with Gasteiger partial charge in [0.2, 0.25) is 5.91 Å². The van der Waals surface area contributed by atoms with Gasteiger partial charge in [-0.3, -0.25) is 9.69 Å². The molecule has 2 aliphatic rings. The number of hydrogen-bond donors (Lipinski definition) is 2. The molecule has 2 saturated heterocycles. The number of benzene rings is 2. The van der Waals surface area contributed by atoms with Gasteiger partial charge >= 0.3 is 0 Å². The second kappa shape index (κ2) is 11.4. The quantitative estimate of drug-likeness (QED) is 0.360. The number of rotatable bonds is 8. The van der Waals surface area contributed by atoms with Crippen molar-refractivity contribution in [3.8, 4) is 18.1 Å². The van der Waals surface area contributed by atoms with Crippen LogP contribution in [0.3, 0.4) is 0 Å². The Morgan fingerprint density at radius 1 is 1.22 bits per heavy atom. The van der Waals surface area contributed by atoms with Gasteiger partial charge in [-0.1, -0.05) is 18.1 Å². The minimum Gasteiger partial charge on any atom is -0.492 e. The Balaban J connectivity index is 1.32. The van der Waals surface area contributed by atoms with E-state index in [-0.39, 0.29) is 18.1 Å². The topological polar surface area (TPSA) is 97.8 Å². The average molecular weight is 500 g/mol. The number of fused-ring (bicyclic) bond motifs is 2. The molecule has 9 nitrogen and oxygen atoms in total. The number of carbonyl (C=O) groups excluding carboxylic acids is 1. The van der Waals surface area contributed by atoms with Crippen LogP contribution in [0.2, 0.25) is 0 Å². The molecule has 2 N–H and O–H groups in total. The molecule has 1 aromatic heterocycles. The molecule has 0 bridgehead atoms. The third-order valence-electron chi connectivity index (χ3n) is 6.26. The molecule has 0 aliphatic carbocycles. The lowest BCUT2D eigenvalue weighted by atomic mass is 10.1. The summed E-state index contributed by atoms with van der Waals surface area (Å²) in [4.78, 5) is 23.8. The number of terminal acetylenes is 1. The SMILES string of the molecule is C#Cc1cccc(Nc2ncnc3cc(OCC)c(NC(=O)/C=C/CN4C[C@@H]5OCCO[C@@H]5C4)cc23)c1. The zero-order valence-corrected chi connectivity index (χ0v) is 20.6. The van der Waals surface area contributed by atoms with Gasteiger partial charge in [0.05, 0.1) is 43.2 Å². The summed E-state index contributed by atoms with van der Waals surface area (Å²) < 4.78 is 17.3. The molecule has 190 valence electrons. The molecule has 0 spiro atoms. The summed E-state index contributed by atoms with van der Waals surface area (Å²) in [6, 6.07) is 11.1. The van der Waals surface area contributed by atoms with Crippen LogP contribution >= 0.6 is 0 Å². The lowest BCUT2D eigenvalue weighted by Crippen LogP contribution is -2.36. The summed E-state index contributed by atoms with van der Waals surface area (Å²) in [6.45, 7) is 5.86. The first-order valence-corrected chi connectivity index (χ1v) is 12.3. The summed E-state index contributed by atoms with van der Waals surface area (Å²) in [5, 5.41) is 6.98. The lowest BCUT2D eigenvalue weighted by Gasteiger charge is -2.24. The molecule has 3 aromatic rings. The van der Waals surface area contributed by atoms with Gasteiger partial charge in [0.1, 0.15) is 17.9 Å². The first-order valence-electron chi connectivity index (χ1n) is 12.3. The Morgan fingerprint density at radius 3 is 2.78 bits per heavy atom. The van der Waals surface area contributed by atoms with Crippen molar-refractivity contribution in [1.82, 2.24) is 14.9 Å². The van der Waals surface area contributed by atoms with E-state index in [1.165, 1.54) is 12.4 Å². The van der Waals surface area contributed by atoms with E-state index in [1.54, 1.807) is 6.07 Å². The third kappa shape index (κ3) is 5.89. The number of nitrogens with one attached hydrogen (secondary N) is 2. The van der Waals surface area contributed by atoms with E-state index >= 15 is 0 Å². The van der Waals surface area contributed by atoms with Crippen molar-refractivity contribution in [2.24, 2.45) is 0 Å². The number of anilines is 3. The maximum absolute atomic E-state index is 12.8. The van der Waals surface area contributed by atoms with Crippen LogP contribution in [-0.4, -0.2) is 72.4 Å². The van der Waals surface area contributed by atoms with Crippen molar-refractivity contribution in [3.05, 3.63) is 60.4 Å². The molecular weight excluding hydrogens is 470 g/mol. The predicted octanol–water partition coefficient (Wildman–Crippen LogP) is 3.35. The largest absolute Gasteiger partial charge is 0.492 e. The average Bonchev–Trinajstić information content (AvgIpc) is 3.32. The van der Waals surface area contributed by atoms with Crippen LogP contribution in [-0.2, 0) is 14.3 Å². The van der Waals surface area contributed by atoms with Gasteiger partial charge in [0, 0.05) is 48.4 Å². The van der Waals surface area contributed by atoms with E-state index in [0.717, 1.165) is 29.7 Å². The van der Waals surface area contributed by atoms with Gasteiger partial charge in [-0.05, 0) is 31.2 Å². The van der Waals surface area contributed by atoms with Crippen molar-refractivity contribution in [1.29, 1.82) is 0 Å². The maximum atomic E-state index is 12.8. The van der Waals surface area contributed by atoms with Crippen molar-refractivity contribution in [3.63, 3.8) is 0 Å². The molecule has 0 saturated carbocycles. The summed E-state index contributed by atoms with van der Waals surface area (Å²) in [5.74, 6) is 3.51. The van der Waals surface area contributed by atoms with Crippen molar-refractivity contribution in [2.45, 2.75) is 19.1 Å². The summed E-state index contributed by atoms with van der Waals surface area (Å²) >= 11 is 0. The fourth-order valence-corrected chi connectivity index (χ4v) is 4.55. The van der Waals surface area contributed by atoms with Crippen LogP contribution in [0.15, 0.2) is 54.9 Å². The molecule has 2 aliphatic heterocycles. The van der Waals surface area contributed by atoms with Crippen molar-refractivity contribution < 1.29 is 19.0 Å². The highest BCUT2D eigenvalue weighted by molar-refractivity contribution is 6.03. The van der Waals surface area contributed by atoms with Crippen molar-refractivity contribution in [2.75, 3.05) is 50.1 Å². The Hall–Kier alpha value is -3.97. The van der Waals surface area contributed by atoms with E-state index in [1.807, 2.05) is 43.3 Å². The summed E-state index contributed by atoms with van der Waals surface area (Å²) in [5.41, 5.74) is 2.78. The van der Waals surface area contributed by atoms with E-state index in [4.69, 9.17) is 20.6 Å². The zero-order chi connectivity index (χ0) is 25.6. The fourth-order valence-electron chi connectivity index (χ4n) is 4.55. The summed E-state index contributed by atoms with van der Waals surface area (Å²) in [7, 11) is 0. The molecule has 9 heteroatoms. The normalized spacial score (nSPS) is 19.5. The standard InChI is InChI=1S/C28H29N5O4/c1-3-19-7-5-8-20(13-19)31-28-21-14-23(24(35-4-2)15-22(21)29-18-30-28)32-27(34)9-6-10-33-16-25-26(17-33)37-12-11-36-25/h1,5-9,13-15,18,25-26H,4,10-12,16-17H2,2H3,(H,32,34)(H,29,30,31)/b9-6+/t25-,26+. The number of hydrogen-bond acceptors (Lipinski definition) is 8. The molecule has 2 aromatic carbocycles. The molecule has 5 rings (SSSR count). The minimum atomic E-state index is -0.252. The minimum absolute atomic E-state index is 0.112. The Kier molecular flexibility index (Phi) is 7.61. The van der Waals surface area contributed by atoms with Crippen LogP contribution in [0.1, 0.15) is 12.5 Å². The molecule has 2 fully saturated rings. The monoisotopic (exact) mass is 499 g/mol. The first-order chi connectivity index (χ1) is 18.1. The Morgan fingerprint density at radius 2 is 2.03 bits per heavy atom. The molecular formula is C28H29N5O4. The van der Waals surface area contributed by atoms with Crippen molar-refractivity contribution >= 4 is 34.0 Å². The number of likely N-dealkylation sites (tertiary alicyclic amines) is 1. The zero-order valence-electron chi connectivity index (χ0n) is 20.6.